The van der Waals surface area contributed by atoms with Gasteiger partial charge in [0.05, 0.1) is 12.5 Å². The highest BCUT2D eigenvalue weighted by molar-refractivity contribution is 5.85. The Morgan fingerprint density at radius 1 is 1.00 bits per heavy atom. The lowest BCUT2D eigenvalue weighted by Crippen LogP contribution is -2.49. The molecule has 4 aliphatic carbocycles. The van der Waals surface area contributed by atoms with Crippen molar-refractivity contribution in [1.82, 2.24) is 9.80 Å². The number of carboxylic acids is 1. The second-order valence-corrected chi connectivity index (χ2v) is 9.84. The molecule has 0 spiro atoms. The van der Waals surface area contributed by atoms with Crippen molar-refractivity contribution in [3.05, 3.63) is 0 Å². The minimum Gasteiger partial charge on any atom is -0.481 e. The molecule has 1 N–H and O–H groups in total. The first-order chi connectivity index (χ1) is 12.8. The van der Waals surface area contributed by atoms with Crippen molar-refractivity contribution in [1.29, 1.82) is 0 Å². The van der Waals surface area contributed by atoms with Crippen molar-refractivity contribution >= 4 is 17.8 Å². The standard InChI is InChI=1S/C21H32N2O4/c1-22(13-19(25)23-4-2-17(3-5-23)20(26)27)18(24)12-21-9-14-6-15(10-21)8-16(7-14)11-21/h14-17H,2-13H2,1H3,(H,26,27). The van der Waals surface area contributed by atoms with Crippen molar-refractivity contribution < 1.29 is 19.5 Å². The van der Waals surface area contributed by atoms with E-state index in [0.717, 1.165) is 17.8 Å². The van der Waals surface area contributed by atoms with Crippen LogP contribution in [0.3, 0.4) is 0 Å². The van der Waals surface area contributed by atoms with Crippen LogP contribution in [-0.2, 0) is 14.4 Å². The van der Waals surface area contributed by atoms with Gasteiger partial charge in [-0.15, -0.1) is 0 Å². The Balaban J connectivity index is 1.28. The maximum Gasteiger partial charge on any atom is 0.306 e. The van der Waals surface area contributed by atoms with Gasteiger partial charge in [0.15, 0.2) is 0 Å². The molecule has 6 nitrogen and oxygen atoms in total. The molecule has 1 aliphatic heterocycles. The van der Waals surface area contributed by atoms with Crippen molar-refractivity contribution in [2.24, 2.45) is 29.1 Å². The SMILES string of the molecule is CN(CC(=O)N1CCC(C(=O)O)CC1)C(=O)CC12CC3CC(CC(C3)C1)C2. The number of carboxylic acid groups (broad SMARTS) is 1. The van der Waals surface area contributed by atoms with E-state index in [-0.39, 0.29) is 29.7 Å². The number of nitrogens with zero attached hydrogens (tertiary/aromatic N) is 2. The molecule has 27 heavy (non-hydrogen) atoms. The molecule has 0 radical (unpaired) electrons. The van der Waals surface area contributed by atoms with Crippen LogP contribution in [0.5, 0.6) is 0 Å². The summed E-state index contributed by atoms with van der Waals surface area (Å²) in [6.07, 6.45) is 9.33. The minimum absolute atomic E-state index is 0.0554. The first-order valence-corrected chi connectivity index (χ1v) is 10.6. The number of carbonyl (C=O) groups excluding carboxylic acids is 2. The van der Waals surface area contributed by atoms with Gasteiger partial charge in [0, 0.05) is 26.6 Å². The van der Waals surface area contributed by atoms with E-state index in [9.17, 15) is 14.4 Å². The van der Waals surface area contributed by atoms with E-state index in [1.54, 1.807) is 16.8 Å². The van der Waals surface area contributed by atoms with Crippen LogP contribution in [0, 0.1) is 29.1 Å². The Kier molecular flexibility index (Phi) is 4.93. The normalized spacial score (nSPS) is 35.3. The van der Waals surface area contributed by atoms with E-state index in [1.807, 2.05) is 0 Å². The summed E-state index contributed by atoms with van der Waals surface area (Å²) in [5.74, 6) is 1.41. The van der Waals surface area contributed by atoms with Gasteiger partial charge in [-0.05, 0) is 74.5 Å². The Hall–Kier alpha value is -1.59. The first-order valence-electron chi connectivity index (χ1n) is 10.6. The molecule has 0 unspecified atom stereocenters. The van der Waals surface area contributed by atoms with Crippen molar-refractivity contribution in [2.75, 3.05) is 26.7 Å². The fourth-order valence-electron chi connectivity index (χ4n) is 6.73. The number of aliphatic carboxylic acids is 1. The largest absolute Gasteiger partial charge is 0.481 e. The molecule has 5 rings (SSSR count). The molecular formula is C21H32N2O4. The Morgan fingerprint density at radius 3 is 2.00 bits per heavy atom. The van der Waals surface area contributed by atoms with Crippen LogP contribution < -0.4 is 0 Å². The zero-order chi connectivity index (χ0) is 19.2. The van der Waals surface area contributed by atoms with Crippen LogP contribution in [0.15, 0.2) is 0 Å². The second kappa shape index (κ2) is 7.10. The molecule has 4 bridgehead atoms. The monoisotopic (exact) mass is 376 g/mol. The number of carbonyl (C=O) groups is 3. The van der Waals surface area contributed by atoms with E-state index < -0.39 is 5.97 Å². The summed E-state index contributed by atoms with van der Waals surface area (Å²) >= 11 is 0. The molecule has 4 saturated carbocycles. The summed E-state index contributed by atoms with van der Waals surface area (Å²) in [7, 11) is 1.74. The predicted octanol–water partition coefficient (Wildman–Crippen LogP) is 2.37. The first kappa shape index (κ1) is 18.8. The van der Waals surface area contributed by atoms with Gasteiger partial charge >= 0.3 is 5.97 Å². The Morgan fingerprint density at radius 2 is 1.52 bits per heavy atom. The van der Waals surface area contributed by atoms with Gasteiger partial charge in [-0.25, -0.2) is 0 Å². The number of hydrogen-bond donors (Lipinski definition) is 1. The Labute approximate surface area is 161 Å². The van der Waals surface area contributed by atoms with E-state index in [4.69, 9.17) is 5.11 Å². The fraction of sp³-hybridized carbons (Fsp3) is 0.857. The van der Waals surface area contributed by atoms with E-state index >= 15 is 0 Å². The summed E-state index contributed by atoms with van der Waals surface area (Å²) in [5.41, 5.74) is 0.197. The van der Waals surface area contributed by atoms with Crippen LogP contribution in [0.2, 0.25) is 0 Å². The van der Waals surface area contributed by atoms with Gasteiger partial charge in [-0.2, -0.15) is 0 Å². The van der Waals surface area contributed by atoms with E-state index in [0.29, 0.717) is 32.4 Å². The van der Waals surface area contributed by atoms with Crippen LogP contribution in [0.4, 0.5) is 0 Å². The van der Waals surface area contributed by atoms with Crippen molar-refractivity contribution in [2.45, 2.75) is 57.8 Å². The minimum atomic E-state index is -0.773. The number of likely N-dealkylation sites (N-methyl/N-ethyl adjacent to an activating group) is 1. The lowest BCUT2D eigenvalue weighted by molar-refractivity contribution is -0.147. The number of piperidine rings is 1. The highest BCUT2D eigenvalue weighted by atomic mass is 16.4. The van der Waals surface area contributed by atoms with Crippen LogP contribution in [0.25, 0.3) is 0 Å². The number of amides is 2. The number of rotatable bonds is 5. The lowest BCUT2D eigenvalue weighted by Gasteiger charge is -2.56. The van der Waals surface area contributed by atoms with Crippen molar-refractivity contribution in [3.8, 4) is 0 Å². The molecule has 0 aromatic rings. The molecule has 2 amide bonds. The summed E-state index contributed by atoms with van der Waals surface area (Å²) in [6.45, 7) is 1.07. The van der Waals surface area contributed by atoms with E-state index in [2.05, 4.69) is 0 Å². The molecule has 5 fully saturated rings. The topological polar surface area (TPSA) is 77.9 Å². The van der Waals surface area contributed by atoms with Gasteiger partial charge in [0.1, 0.15) is 0 Å². The quantitative estimate of drug-likeness (QED) is 0.799. The summed E-state index contributed by atoms with van der Waals surface area (Å²) in [4.78, 5) is 39.8. The van der Waals surface area contributed by atoms with Crippen molar-refractivity contribution in [3.63, 3.8) is 0 Å². The van der Waals surface area contributed by atoms with E-state index in [1.165, 1.54) is 38.5 Å². The molecule has 1 heterocycles. The smallest absolute Gasteiger partial charge is 0.306 e. The van der Waals surface area contributed by atoms with Gasteiger partial charge in [-0.1, -0.05) is 0 Å². The summed E-state index contributed by atoms with van der Waals surface area (Å²) in [6, 6.07) is 0. The zero-order valence-electron chi connectivity index (χ0n) is 16.4. The highest BCUT2D eigenvalue weighted by Gasteiger charge is 2.51. The highest BCUT2D eigenvalue weighted by Crippen LogP contribution is 2.61. The maximum atomic E-state index is 12.9. The summed E-state index contributed by atoms with van der Waals surface area (Å²) < 4.78 is 0. The third-order valence-electron chi connectivity index (χ3n) is 7.69. The molecule has 0 atom stereocenters. The average Bonchev–Trinajstić information content (AvgIpc) is 2.60. The van der Waals surface area contributed by atoms with Gasteiger partial charge in [0.2, 0.25) is 11.8 Å². The van der Waals surface area contributed by atoms with Gasteiger partial charge in [0.25, 0.3) is 0 Å². The zero-order valence-corrected chi connectivity index (χ0v) is 16.4. The molecular weight excluding hydrogens is 344 g/mol. The summed E-state index contributed by atoms with van der Waals surface area (Å²) in [5, 5.41) is 9.07. The number of hydrogen-bond acceptors (Lipinski definition) is 3. The Bertz CT molecular complexity index is 588. The van der Waals surface area contributed by atoms with Crippen LogP contribution in [0.1, 0.15) is 57.8 Å². The van der Waals surface area contributed by atoms with Gasteiger partial charge < -0.3 is 14.9 Å². The molecule has 6 heteroatoms. The molecule has 1 saturated heterocycles. The molecule has 5 aliphatic rings. The predicted molar refractivity (Wildman–Crippen MR) is 99.8 cm³/mol. The van der Waals surface area contributed by atoms with Gasteiger partial charge in [-0.3, -0.25) is 14.4 Å². The third-order valence-corrected chi connectivity index (χ3v) is 7.69. The molecule has 150 valence electrons. The molecule has 0 aromatic carbocycles. The number of likely N-dealkylation sites (tertiary alicyclic amines) is 1. The molecule has 0 aromatic heterocycles. The third kappa shape index (κ3) is 3.85. The average molecular weight is 376 g/mol. The maximum absolute atomic E-state index is 12.9. The fourth-order valence-corrected chi connectivity index (χ4v) is 6.73. The van der Waals surface area contributed by atoms with Crippen LogP contribution >= 0.6 is 0 Å². The second-order valence-electron chi connectivity index (χ2n) is 9.84. The lowest BCUT2D eigenvalue weighted by atomic mass is 9.49. The van der Waals surface area contributed by atoms with Crippen LogP contribution in [-0.4, -0.2) is 59.4 Å².